The summed E-state index contributed by atoms with van der Waals surface area (Å²) in [7, 11) is 0. The topological polar surface area (TPSA) is 51.8 Å². The largest absolute Gasteiger partial charge is 0.456 e. The van der Waals surface area contributed by atoms with E-state index in [-0.39, 0.29) is 0 Å². The summed E-state index contributed by atoms with van der Waals surface area (Å²) in [6.07, 6.45) is 0. The summed E-state index contributed by atoms with van der Waals surface area (Å²) < 4.78 is 224. The minimum absolute atomic E-state index is 0.400. The first kappa shape index (κ1) is 10.8. The van der Waals surface area contributed by atoms with Gasteiger partial charge < -0.3 is 4.42 Å². The fourth-order valence-electron chi connectivity index (χ4n) is 4.71. The minimum atomic E-state index is -0.964. The molecule has 0 aliphatic rings. The third-order valence-electron chi connectivity index (χ3n) is 6.69. The molecule has 0 fully saturated rings. The minimum Gasteiger partial charge on any atom is -0.456 e. The predicted octanol–water partition coefficient (Wildman–Crippen LogP) is 10.7. The summed E-state index contributed by atoms with van der Waals surface area (Å²) in [6.45, 7) is 0. The molecule has 0 saturated carbocycles. The van der Waals surface area contributed by atoms with Crippen molar-refractivity contribution in [2.45, 2.75) is 0 Å². The van der Waals surface area contributed by atoms with E-state index in [0.29, 0.717) is 0 Å². The summed E-state index contributed by atoms with van der Waals surface area (Å²) in [4.78, 5) is 13.1. The monoisotopic (exact) mass is 600 g/mol. The van der Waals surface area contributed by atoms with E-state index in [2.05, 4.69) is 15.0 Å². The molecule has 7 aromatic carbocycles. The van der Waals surface area contributed by atoms with Crippen LogP contribution in [0.4, 0.5) is 0 Å². The van der Waals surface area contributed by atoms with Crippen LogP contribution < -0.4 is 0 Å². The highest BCUT2D eigenvalue weighted by molar-refractivity contribution is 6.12. The summed E-state index contributed by atoms with van der Waals surface area (Å²) in [6, 6.07) is -21.0. The molecule has 0 radical (unpaired) electrons. The van der Waals surface area contributed by atoms with Gasteiger partial charge in [0.1, 0.15) is 11.2 Å². The standard InChI is InChI=1S/C41H25N3O/c1-3-10-26(11-4-1)28-20-22-32-29(24-28)18-19-30-25-31(21-23-33(30)32)40-42-39(27-12-5-2-6-13-27)43-41(44-40)35-15-9-17-37-38(35)34-14-7-8-16-36(34)45-37/h1-25H/i1D,2D,3D,4D,5D,6D,7D,8D,9D,10D,11D,12D,13D,14D,15D,16D,17D,18D,19D,20D,21D,22D,23D,24D,25D. The van der Waals surface area contributed by atoms with E-state index in [4.69, 9.17) is 33.2 Å². The van der Waals surface area contributed by atoms with E-state index < -0.39 is 240 Å². The lowest BCUT2D eigenvalue weighted by Gasteiger charge is -2.11. The first-order valence-electron chi connectivity index (χ1n) is 25.5. The molecular weight excluding hydrogens is 550 g/mol. The molecule has 0 atom stereocenters. The van der Waals surface area contributed by atoms with Crippen LogP contribution in [0.25, 0.3) is 88.8 Å². The fraction of sp³-hybridized carbons (Fsp3) is 0. The van der Waals surface area contributed by atoms with Gasteiger partial charge >= 0.3 is 0 Å². The number of benzene rings is 7. The first-order chi connectivity index (χ1) is 32.7. The second-order valence-corrected chi connectivity index (χ2v) is 9.32. The molecular formula is C41H25N3O. The van der Waals surface area contributed by atoms with Crippen LogP contribution >= 0.6 is 0 Å². The lowest BCUT2D eigenvalue weighted by Crippen LogP contribution is -2.00. The van der Waals surface area contributed by atoms with Gasteiger partial charge in [-0.3, -0.25) is 0 Å². The number of rotatable bonds is 4. The zero-order chi connectivity index (χ0) is 51.5. The zero-order valence-electron chi connectivity index (χ0n) is 47.2. The van der Waals surface area contributed by atoms with Crippen molar-refractivity contribution in [1.82, 2.24) is 15.0 Å². The average molecular weight is 601 g/mol. The maximum absolute atomic E-state index is 9.53. The molecule has 0 unspecified atom stereocenters. The molecule has 4 heteroatoms. The smallest absolute Gasteiger partial charge is 0.164 e. The van der Waals surface area contributed by atoms with Crippen LogP contribution in [0.15, 0.2) is 155 Å². The van der Waals surface area contributed by atoms with Crippen molar-refractivity contribution in [1.29, 1.82) is 0 Å². The molecule has 4 nitrogen and oxygen atoms in total. The molecule has 9 aromatic rings. The van der Waals surface area contributed by atoms with Gasteiger partial charge in [0.25, 0.3) is 0 Å². The quantitative estimate of drug-likeness (QED) is 0.189. The number of nitrogens with zero attached hydrogens (tertiary/aromatic N) is 3. The van der Waals surface area contributed by atoms with Gasteiger partial charge in [-0.15, -0.1) is 0 Å². The molecule has 2 aromatic heterocycles. The Bertz CT molecular complexity index is 3910. The Morgan fingerprint density at radius 1 is 0.400 bits per heavy atom. The molecule has 0 spiro atoms. The maximum atomic E-state index is 9.53. The molecule has 0 amide bonds. The van der Waals surface area contributed by atoms with E-state index in [1.807, 2.05) is 0 Å². The third kappa shape index (κ3) is 4.35. The van der Waals surface area contributed by atoms with Gasteiger partial charge in [0.05, 0.1) is 34.3 Å². The number of aromatic nitrogens is 3. The summed E-state index contributed by atoms with van der Waals surface area (Å²) in [5.74, 6) is -2.37. The summed E-state index contributed by atoms with van der Waals surface area (Å²) in [5.41, 5.74) is -4.40. The maximum Gasteiger partial charge on any atom is 0.164 e. The van der Waals surface area contributed by atoms with Crippen LogP contribution in [-0.4, -0.2) is 15.0 Å². The van der Waals surface area contributed by atoms with Crippen LogP contribution in [-0.2, 0) is 0 Å². The van der Waals surface area contributed by atoms with E-state index in [1.165, 1.54) is 0 Å². The average Bonchev–Trinajstić information content (AvgIpc) is 3.72. The molecule has 45 heavy (non-hydrogen) atoms. The van der Waals surface area contributed by atoms with E-state index in [9.17, 15) is 5.48 Å². The van der Waals surface area contributed by atoms with Crippen LogP contribution in [0.2, 0.25) is 0 Å². The van der Waals surface area contributed by atoms with E-state index in [0.717, 1.165) is 0 Å². The third-order valence-corrected chi connectivity index (χ3v) is 6.69. The van der Waals surface area contributed by atoms with Crippen molar-refractivity contribution < 1.29 is 38.7 Å². The number of hydrogen-bond donors (Lipinski definition) is 0. The molecule has 0 aliphatic carbocycles. The molecule has 2 heterocycles. The van der Waals surface area contributed by atoms with E-state index in [1.54, 1.807) is 0 Å². The van der Waals surface area contributed by atoms with Crippen molar-refractivity contribution in [3.63, 3.8) is 0 Å². The van der Waals surface area contributed by atoms with Gasteiger partial charge in [-0.05, 0) is 56.8 Å². The highest BCUT2D eigenvalue weighted by atomic mass is 16.3. The summed E-state index contributed by atoms with van der Waals surface area (Å²) in [5, 5.41) is -3.19. The molecule has 9 rings (SSSR count). The SMILES string of the molecule is [2H]c1c([2H])c([2H])c(-c2nc(-c3c([2H])c([2H])c4c(c3[2H])c([2H])c([2H])c3c([2H])c(-c5c([2H])c([2H])c([2H])c([2H])c5[2H])c([2H])c([2H])c34)nc(-c3c([2H])c([2H])c([2H])c4oc5c([2H])c([2H])c([2H])c([2H])c5c34)n2)c([2H])c1[2H]. The summed E-state index contributed by atoms with van der Waals surface area (Å²) >= 11 is 0. The Labute approximate surface area is 294 Å². The number of hydrogen-bond acceptors (Lipinski definition) is 4. The lowest BCUT2D eigenvalue weighted by molar-refractivity contribution is 0.669. The second-order valence-electron chi connectivity index (χ2n) is 9.32. The Balaban J connectivity index is 1.45. The highest BCUT2D eigenvalue weighted by Crippen LogP contribution is 2.37. The fourth-order valence-corrected chi connectivity index (χ4v) is 4.71. The van der Waals surface area contributed by atoms with Gasteiger partial charge in [-0.2, -0.15) is 0 Å². The van der Waals surface area contributed by atoms with E-state index >= 15 is 0 Å². The van der Waals surface area contributed by atoms with Gasteiger partial charge in [-0.25, -0.2) is 15.0 Å². The van der Waals surface area contributed by atoms with Crippen molar-refractivity contribution in [3.05, 3.63) is 151 Å². The van der Waals surface area contributed by atoms with Crippen LogP contribution in [0, 0.1) is 0 Å². The Hall–Kier alpha value is -6.13. The van der Waals surface area contributed by atoms with Crippen LogP contribution in [0.3, 0.4) is 0 Å². The predicted molar refractivity (Wildman–Crippen MR) is 184 cm³/mol. The Morgan fingerprint density at radius 2 is 0.978 bits per heavy atom. The van der Waals surface area contributed by atoms with Crippen molar-refractivity contribution in [2.75, 3.05) is 0 Å². The van der Waals surface area contributed by atoms with Gasteiger partial charge in [0.15, 0.2) is 17.5 Å². The number of furan rings is 1. The molecule has 0 N–H and O–H groups in total. The van der Waals surface area contributed by atoms with Gasteiger partial charge in [0.2, 0.25) is 0 Å². The number of para-hydroxylation sites is 1. The lowest BCUT2D eigenvalue weighted by atomic mass is 9.96. The van der Waals surface area contributed by atoms with Gasteiger partial charge in [-0.1, -0.05) is 127 Å². The molecule has 0 saturated heterocycles. The van der Waals surface area contributed by atoms with Crippen molar-refractivity contribution in [3.8, 4) is 45.3 Å². The van der Waals surface area contributed by atoms with Crippen LogP contribution in [0.5, 0.6) is 0 Å². The molecule has 0 bridgehead atoms. The van der Waals surface area contributed by atoms with Gasteiger partial charge in [0, 0.05) is 27.5 Å². The van der Waals surface area contributed by atoms with Crippen LogP contribution in [0.1, 0.15) is 34.3 Å². The molecule has 0 aliphatic heterocycles. The first-order valence-corrected chi connectivity index (χ1v) is 13.0. The van der Waals surface area contributed by atoms with Crippen molar-refractivity contribution in [2.24, 2.45) is 0 Å². The van der Waals surface area contributed by atoms with Crippen molar-refractivity contribution >= 4 is 43.5 Å². The normalized spacial score (nSPS) is 19.3. The Kier molecular flexibility index (Phi) is 2.46. The second kappa shape index (κ2) is 10.2. The highest BCUT2D eigenvalue weighted by Gasteiger charge is 2.18. The zero-order valence-corrected chi connectivity index (χ0v) is 22.2. The molecule has 210 valence electrons. The number of fused-ring (bicyclic) bond motifs is 6. The Morgan fingerprint density at radius 3 is 1.73 bits per heavy atom.